The maximum atomic E-state index is 13.1. The summed E-state index contributed by atoms with van der Waals surface area (Å²) in [6.45, 7) is 0. The van der Waals surface area contributed by atoms with E-state index in [4.69, 9.17) is 4.42 Å². The first kappa shape index (κ1) is 18.8. The smallest absolute Gasteiger partial charge is 0.271 e. The predicted molar refractivity (Wildman–Crippen MR) is 109 cm³/mol. The fourth-order valence-corrected chi connectivity index (χ4v) is 3.13. The van der Waals surface area contributed by atoms with Gasteiger partial charge in [0.15, 0.2) is 5.58 Å². The molecule has 0 atom stereocenters. The Balaban J connectivity index is 1.67. The van der Waals surface area contributed by atoms with Crippen LogP contribution >= 0.6 is 15.9 Å². The lowest BCUT2D eigenvalue weighted by molar-refractivity contribution is -0.385. The van der Waals surface area contributed by atoms with Crippen LogP contribution in [0, 0.1) is 15.9 Å². The monoisotopic (exact) mass is 455 g/mol. The van der Waals surface area contributed by atoms with E-state index in [2.05, 4.69) is 25.9 Å². The van der Waals surface area contributed by atoms with Crippen molar-refractivity contribution in [3.8, 4) is 17.2 Å². The molecular formula is C20H11BrFN3O4. The lowest BCUT2D eigenvalue weighted by atomic mass is 10.2. The minimum absolute atomic E-state index is 0.152. The summed E-state index contributed by atoms with van der Waals surface area (Å²) < 4.78 is 19.0. The second kappa shape index (κ2) is 7.44. The first-order valence-corrected chi connectivity index (χ1v) is 9.07. The highest BCUT2D eigenvalue weighted by Gasteiger charge is 2.14. The molecule has 9 heteroatoms. The van der Waals surface area contributed by atoms with Crippen LogP contribution in [0.4, 0.5) is 15.8 Å². The predicted octanol–water partition coefficient (Wildman–Crippen LogP) is 5.76. The van der Waals surface area contributed by atoms with E-state index in [9.17, 15) is 19.6 Å². The van der Waals surface area contributed by atoms with Gasteiger partial charge in [0.05, 0.1) is 15.1 Å². The number of hydrogen-bond acceptors (Lipinski definition) is 6. The minimum Gasteiger partial charge on any atom is -0.506 e. The number of oxazole rings is 1. The van der Waals surface area contributed by atoms with Gasteiger partial charge in [0.25, 0.3) is 5.69 Å². The molecule has 7 nitrogen and oxygen atoms in total. The van der Waals surface area contributed by atoms with E-state index >= 15 is 0 Å². The molecule has 3 aromatic carbocycles. The Morgan fingerprint density at radius 1 is 1.17 bits per heavy atom. The van der Waals surface area contributed by atoms with Crippen molar-refractivity contribution in [3.63, 3.8) is 0 Å². The van der Waals surface area contributed by atoms with Gasteiger partial charge in [0.1, 0.15) is 17.1 Å². The Kier molecular flexibility index (Phi) is 4.81. The van der Waals surface area contributed by atoms with Crippen LogP contribution in [-0.2, 0) is 0 Å². The highest BCUT2D eigenvalue weighted by molar-refractivity contribution is 9.10. The zero-order chi connectivity index (χ0) is 20.5. The first-order chi connectivity index (χ1) is 13.9. The highest BCUT2D eigenvalue weighted by Crippen LogP contribution is 2.32. The summed E-state index contributed by atoms with van der Waals surface area (Å²) >= 11 is 3.09. The third-order valence-electron chi connectivity index (χ3n) is 4.10. The van der Waals surface area contributed by atoms with Crippen LogP contribution in [0.15, 0.2) is 68.5 Å². The van der Waals surface area contributed by atoms with Crippen molar-refractivity contribution in [2.45, 2.75) is 0 Å². The van der Waals surface area contributed by atoms with Gasteiger partial charge < -0.3 is 9.52 Å². The molecule has 0 unspecified atom stereocenters. The van der Waals surface area contributed by atoms with Gasteiger partial charge in [-0.3, -0.25) is 15.1 Å². The quantitative estimate of drug-likeness (QED) is 0.239. The molecule has 0 aliphatic carbocycles. The topological polar surface area (TPSA) is 102 Å². The first-order valence-electron chi connectivity index (χ1n) is 8.28. The summed E-state index contributed by atoms with van der Waals surface area (Å²) in [5.74, 6) is -0.153. The molecule has 0 fully saturated rings. The van der Waals surface area contributed by atoms with Crippen LogP contribution in [0.1, 0.15) is 5.56 Å². The summed E-state index contributed by atoms with van der Waals surface area (Å²) in [4.78, 5) is 19.1. The summed E-state index contributed by atoms with van der Waals surface area (Å²) in [7, 11) is 0. The largest absolute Gasteiger partial charge is 0.506 e. The van der Waals surface area contributed by atoms with E-state index in [1.165, 1.54) is 30.5 Å². The van der Waals surface area contributed by atoms with Crippen LogP contribution in [-0.4, -0.2) is 21.2 Å². The number of benzene rings is 3. The van der Waals surface area contributed by atoms with Gasteiger partial charge in [-0.25, -0.2) is 9.37 Å². The molecule has 4 aromatic rings. The number of nitrogens with zero attached hydrogens (tertiary/aromatic N) is 3. The lowest BCUT2D eigenvalue weighted by Gasteiger charge is -2.02. The number of halogens is 2. The second-order valence-corrected chi connectivity index (χ2v) is 6.91. The number of hydrogen-bond donors (Lipinski definition) is 1. The van der Waals surface area contributed by atoms with Gasteiger partial charge in [-0.15, -0.1) is 0 Å². The Morgan fingerprint density at radius 2 is 1.93 bits per heavy atom. The van der Waals surface area contributed by atoms with Crippen LogP contribution < -0.4 is 0 Å². The van der Waals surface area contributed by atoms with Gasteiger partial charge in [-0.05, 0) is 58.4 Å². The number of fused-ring (bicyclic) bond motifs is 1. The Bertz CT molecular complexity index is 1270. The van der Waals surface area contributed by atoms with Gasteiger partial charge in [-0.1, -0.05) is 0 Å². The number of phenols is 1. The van der Waals surface area contributed by atoms with Crippen molar-refractivity contribution in [1.29, 1.82) is 0 Å². The van der Waals surface area contributed by atoms with Crippen molar-refractivity contribution in [2.24, 2.45) is 4.99 Å². The molecule has 1 aromatic heterocycles. The Hall–Kier alpha value is -3.59. The average molecular weight is 456 g/mol. The van der Waals surface area contributed by atoms with E-state index in [-0.39, 0.29) is 27.3 Å². The normalized spacial score (nSPS) is 11.4. The molecule has 0 bridgehead atoms. The van der Waals surface area contributed by atoms with Crippen LogP contribution in [0.2, 0.25) is 0 Å². The highest BCUT2D eigenvalue weighted by atomic mass is 79.9. The van der Waals surface area contributed by atoms with Gasteiger partial charge in [-0.2, -0.15) is 0 Å². The van der Waals surface area contributed by atoms with Gasteiger partial charge >= 0.3 is 0 Å². The molecule has 0 saturated carbocycles. The third-order valence-corrected chi connectivity index (χ3v) is 4.71. The number of non-ortho nitro benzene ring substituents is 1. The fourth-order valence-electron chi connectivity index (χ4n) is 2.67. The maximum absolute atomic E-state index is 13.1. The average Bonchev–Trinajstić information content (AvgIpc) is 3.12. The number of aliphatic imine (C=N–C) groups is 1. The lowest BCUT2D eigenvalue weighted by Crippen LogP contribution is -1.91. The molecule has 0 aliphatic heterocycles. The van der Waals surface area contributed by atoms with Crippen LogP contribution in [0.3, 0.4) is 0 Å². The van der Waals surface area contributed by atoms with Crippen molar-refractivity contribution in [2.75, 3.05) is 0 Å². The molecule has 29 heavy (non-hydrogen) atoms. The van der Waals surface area contributed by atoms with E-state index in [0.29, 0.717) is 28.2 Å². The number of nitro benzene ring substituents is 1. The number of aromatic hydroxyl groups is 1. The SMILES string of the molecule is O=[N+]([O-])c1cc(Br)c(O)c(C=Nc2ccc3oc(-c4ccc(F)cc4)nc3c2)c1. The van der Waals surface area contributed by atoms with Crippen LogP contribution in [0.25, 0.3) is 22.6 Å². The molecule has 1 N–H and O–H groups in total. The van der Waals surface area contributed by atoms with Crippen molar-refractivity contribution >= 4 is 44.6 Å². The van der Waals surface area contributed by atoms with E-state index in [1.54, 1.807) is 30.3 Å². The number of nitro groups is 1. The molecule has 4 rings (SSSR count). The zero-order valence-electron chi connectivity index (χ0n) is 14.5. The summed E-state index contributed by atoms with van der Waals surface area (Å²) in [5.41, 5.74) is 2.25. The molecule has 0 spiro atoms. The molecule has 0 saturated heterocycles. The fraction of sp³-hybridized carbons (Fsp3) is 0. The maximum Gasteiger partial charge on any atom is 0.271 e. The molecule has 0 amide bonds. The Morgan fingerprint density at radius 3 is 2.66 bits per heavy atom. The second-order valence-electron chi connectivity index (χ2n) is 6.06. The molecule has 1 heterocycles. The van der Waals surface area contributed by atoms with E-state index in [1.807, 2.05) is 0 Å². The number of rotatable bonds is 4. The standard InChI is InChI=1S/C20H11BrFN3O4/c21-16-9-15(25(27)28)7-12(19(16)26)10-23-14-5-6-18-17(8-14)24-20(29-18)11-1-3-13(22)4-2-11/h1-10,26H. The molecule has 0 aliphatic rings. The van der Waals surface area contributed by atoms with Gasteiger partial charge in [0.2, 0.25) is 5.89 Å². The summed E-state index contributed by atoms with van der Waals surface area (Å²) in [6.07, 6.45) is 1.33. The van der Waals surface area contributed by atoms with E-state index in [0.717, 1.165) is 0 Å². The van der Waals surface area contributed by atoms with Gasteiger partial charge in [0, 0.05) is 29.5 Å². The number of aromatic nitrogens is 1. The summed E-state index contributed by atoms with van der Waals surface area (Å²) in [6, 6.07) is 13.3. The summed E-state index contributed by atoms with van der Waals surface area (Å²) in [5, 5.41) is 21.1. The minimum atomic E-state index is -0.556. The van der Waals surface area contributed by atoms with Crippen molar-refractivity contribution in [1.82, 2.24) is 4.98 Å². The van der Waals surface area contributed by atoms with Crippen molar-refractivity contribution < 1.29 is 18.8 Å². The van der Waals surface area contributed by atoms with Crippen LogP contribution in [0.5, 0.6) is 5.75 Å². The van der Waals surface area contributed by atoms with Crippen molar-refractivity contribution in [3.05, 3.63) is 80.6 Å². The third kappa shape index (κ3) is 3.85. The Labute approximate surface area is 171 Å². The van der Waals surface area contributed by atoms with E-state index < -0.39 is 4.92 Å². The zero-order valence-corrected chi connectivity index (χ0v) is 16.1. The molecular weight excluding hydrogens is 445 g/mol. The molecule has 144 valence electrons. The molecule has 0 radical (unpaired) electrons. The number of phenolic OH excluding ortho intramolecular Hbond substituents is 1.